The molecule has 1 amide bonds. The molecule has 0 bridgehead atoms. The fraction of sp³-hybridized carbons (Fsp3) is 0.632. The Morgan fingerprint density at radius 3 is 2.64 bits per heavy atom. The van der Waals surface area contributed by atoms with Gasteiger partial charge < -0.3 is 14.8 Å². The van der Waals surface area contributed by atoms with Gasteiger partial charge in [0.15, 0.2) is 0 Å². The van der Waals surface area contributed by atoms with Crippen molar-refractivity contribution >= 4 is 5.91 Å². The summed E-state index contributed by atoms with van der Waals surface area (Å²) >= 11 is 0. The van der Waals surface area contributed by atoms with E-state index in [1.165, 1.54) is 19.1 Å². The Bertz CT molecular complexity index is 670. The van der Waals surface area contributed by atoms with Gasteiger partial charge >= 0.3 is 6.36 Å². The lowest BCUT2D eigenvalue weighted by molar-refractivity contribution is -0.274. The minimum Gasteiger partial charge on any atom is -0.406 e. The van der Waals surface area contributed by atoms with Crippen LogP contribution in [0.25, 0.3) is 0 Å². The van der Waals surface area contributed by atoms with Crippen molar-refractivity contribution in [3.8, 4) is 5.75 Å². The van der Waals surface area contributed by atoms with Crippen LogP contribution >= 0.6 is 0 Å². The summed E-state index contributed by atoms with van der Waals surface area (Å²) in [5.74, 6) is -0.244. The number of piperazine rings is 1. The SMILES string of the molecule is CC(=O)NCC1(N2CCN(Cc3cccc(OC(F)(F)F)c3)CC2)CCOC1. The second-order valence-corrected chi connectivity index (χ2v) is 7.40. The maximum atomic E-state index is 12.4. The number of benzene rings is 1. The zero-order valence-electron chi connectivity index (χ0n) is 15.9. The van der Waals surface area contributed by atoms with Gasteiger partial charge in [0.2, 0.25) is 5.91 Å². The average molecular weight is 401 g/mol. The normalized spacial score (nSPS) is 24.3. The van der Waals surface area contributed by atoms with Crippen molar-refractivity contribution in [3.63, 3.8) is 0 Å². The third-order valence-electron chi connectivity index (χ3n) is 5.33. The Hall–Kier alpha value is -1.84. The summed E-state index contributed by atoms with van der Waals surface area (Å²) in [5, 5.41) is 2.92. The summed E-state index contributed by atoms with van der Waals surface area (Å²) in [5.41, 5.74) is 0.616. The van der Waals surface area contributed by atoms with Gasteiger partial charge in [-0.05, 0) is 24.1 Å². The third kappa shape index (κ3) is 5.59. The van der Waals surface area contributed by atoms with Gasteiger partial charge in [-0.25, -0.2) is 0 Å². The summed E-state index contributed by atoms with van der Waals surface area (Å²) in [6.07, 6.45) is -3.81. The molecule has 156 valence electrons. The number of nitrogens with one attached hydrogen (secondary N) is 1. The summed E-state index contributed by atoms with van der Waals surface area (Å²) in [6, 6.07) is 6.12. The van der Waals surface area contributed by atoms with Crippen molar-refractivity contribution in [2.75, 3.05) is 45.9 Å². The zero-order chi connectivity index (χ0) is 20.2. The van der Waals surface area contributed by atoms with E-state index >= 15 is 0 Å². The highest BCUT2D eigenvalue weighted by molar-refractivity contribution is 5.72. The zero-order valence-corrected chi connectivity index (χ0v) is 15.9. The van der Waals surface area contributed by atoms with E-state index in [0.29, 0.717) is 26.3 Å². The smallest absolute Gasteiger partial charge is 0.406 e. The molecule has 0 aromatic heterocycles. The first-order valence-electron chi connectivity index (χ1n) is 9.40. The molecule has 1 N–H and O–H groups in total. The van der Waals surface area contributed by atoms with E-state index in [4.69, 9.17) is 4.74 Å². The van der Waals surface area contributed by atoms with Gasteiger partial charge in [-0.15, -0.1) is 13.2 Å². The van der Waals surface area contributed by atoms with E-state index in [2.05, 4.69) is 19.9 Å². The van der Waals surface area contributed by atoms with Gasteiger partial charge in [-0.3, -0.25) is 14.6 Å². The Labute approximate surface area is 162 Å². The fourth-order valence-corrected chi connectivity index (χ4v) is 3.87. The monoisotopic (exact) mass is 401 g/mol. The van der Waals surface area contributed by atoms with Crippen LogP contribution < -0.4 is 10.1 Å². The van der Waals surface area contributed by atoms with Crippen molar-refractivity contribution in [1.82, 2.24) is 15.1 Å². The number of rotatable bonds is 6. The van der Waals surface area contributed by atoms with Crippen molar-refractivity contribution < 1.29 is 27.4 Å². The number of amides is 1. The summed E-state index contributed by atoms with van der Waals surface area (Å²) in [4.78, 5) is 15.9. The average Bonchev–Trinajstić information content (AvgIpc) is 3.10. The molecule has 28 heavy (non-hydrogen) atoms. The molecule has 3 rings (SSSR count). The molecule has 2 saturated heterocycles. The van der Waals surface area contributed by atoms with Crippen LogP contribution in [0.5, 0.6) is 5.75 Å². The molecule has 0 spiro atoms. The highest BCUT2D eigenvalue weighted by Gasteiger charge is 2.41. The van der Waals surface area contributed by atoms with E-state index in [9.17, 15) is 18.0 Å². The lowest BCUT2D eigenvalue weighted by Gasteiger charge is -2.45. The van der Waals surface area contributed by atoms with E-state index in [1.54, 1.807) is 12.1 Å². The maximum Gasteiger partial charge on any atom is 0.573 e. The maximum absolute atomic E-state index is 12.4. The van der Waals surface area contributed by atoms with Crippen molar-refractivity contribution in [1.29, 1.82) is 0 Å². The molecule has 2 heterocycles. The number of halogens is 3. The summed E-state index contributed by atoms with van der Waals surface area (Å²) < 4.78 is 46.8. The highest BCUT2D eigenvalue weighted by atomic mass is 19.4. The van der Waals surface area contributed by atoms with E-state index < -0.39 is 6.36 Å². The number of carbonyl (C=O) groups is 1. The quantitative estimate of drug-likeness (QED) is 0.790. The first kappa shape index (κ1) is 20.9. The molecule has 0 saturated carbocycles. The topological polar surface area (TPSA) is 54.0 Å². The third-order valence-corrected chi connectivity index (χ3v) is 5.33. The number of ether oxygens (including phenoxy) is 2. The predicted octanol–water partition coefficient (Wildman–Crippen LogP) is 2.00. The molecule has 0 radical (unpaired) electrons. The number of alkyl halides is 3. The largest absolute Gasteiger partial charge is 0.573 e. The van der Waals surface area contributed by atoms with E-state index in [-0.39, 0.29) is 17.2 Å². The summed E-state index contributed by atoms with van der Waals surface area (Å²) in [6.45, 7) is 7.17. The van der Waals surface area contributed by atoms with Crippen LogP contribution in [-0.2, 0) is 16.1 Å². The van der Waals surface area contributed by atoms with Gasteiger partial charge in [0.1, 0.15) is 5.75 Å². The summed E-state index contributed by atoms with van der Waals surface area (Å²) in [7, 11) is 0. The van der Waals surface area contributed by atoms with E-state index in [0.717, 1.165) is 38.2 Å². The van der Waals surface area contributed by atoms with Crippen LogP contribution in [0.1, 0.15) is 18.9 Å². The Kier molecular flexibility index (Phi) is 6.47. The molecule has 0 aliphatic carbocycles. The van der Waals surface area contributed by atoms with E-state index in [1.807, 2.05) is 0 Å². The number of carbonyl (C=O) groups excluding carboxylic acids is 1. The van der Waals surface area contributed by atoms with Crippen molar-refractivity contribution in [3.05, 3.63) is 29.8 Å². The van der Waals surface area contributed by atoms with Gasteiger partial charge in [0, 0.05) is 52.8 Å². The van der Waals surface area contributed by atoms with Gasteiger partial charge in [0.25, 0.3) is 0 Å². The molecule has 6 nitrogen and oxygen atoms in total. The Balaban J connectivity index is 1.55. The molecule has 9 heteroatoms. The molecule has 1 aromatic rings. The molecule has 2 fully saturated rings. The van der Waals surface area contributed by atoms with Crippen LogP contribution in [0.15, 0.2) is 24.3 Å². The van der Waals surface area contributed by atoms with Crippen LogP contribution in [0.2, 0.25) is 0 Å². The van der Waals surface area contributed by atoms with Crippen molar-refractivity contribution in [2.24, 2.45) is 0 Å². The molecule has 1 unspecified atom stereocenters. The first-order chi connectivity index (χ1) is 13.3. The number of hydrogen-bond acceptors (Lipinski definition) is 5. The minimum atomic E-state index is -4.68. The van der Waals surface area contributed by atoms with Gasteiger partial charge in [-0.1, -0.05) is 12.1 Å². The number of nitrogens with zero attached hydrogens (tertiary/aromatic N) is 2. The van der Waals surface area contributed by atoms with Crippen LogP contribution in [0, 0.1) is 0 Å². The first-order valence-corrected chi connectivity index (χ1v) is 9.40. The molecule has 2 aliphatic heterocycles. The fourth-order valence-electron chi connectivity index (χ4n) is 3.87. The van der Waals surface area contributed by atoms with Crippen LogP contribution in [-0.4, -0.2) is 73.5 Å². The van der Waals surface area contributed by atoms with Crippen LogP contribution in [0.3, 0.4) is 0 Å². The van der Waals surface area contributed by atoms with Crippen LogP contribution in [0.4, 0.5) is 13.2 Å². The molecule has 2 aliphatic rings. The second kappa shape index (κ2) is 8.67. The molecular formula is C19H26F3N3O3. The predicted molar refractivity (Wildman–Crippen MR) is 96.8 cm³/mol. The second-order valence-electron chi connectivity index (χ2n) is 7.40. The molecule has 1 atom stereocenters. The lowest BCUT2D eigenvalue weighted by atomic mass is 9.94. The highest BCUT2D eigenvalue weighted by Crippen LogP contribution is 2.28. The lowest BCUT2D eigenvalue weighted by Crippen LogP contribution is -2.61. The van der Waals surface area contributed by atoms with Gasteiger partial charge in [0.05, 0.1) is 12.1 Å². The Morgan fingerprint density at radius 2 is 2.04 bits per heavy atom. The Morgan fingerprint density at radius 1 is 1.29 bits per heavy atom. The minimum absolute atomic E-state index is 0.0501. The van der Waals surface area contributed by atoms with Gasteiger partial charge in [-0.2, -0.15) is 0 Å². The standard InChI is InChI=1S/C19H26F3N3O3/c1-15(26)23-13-18(5-10-27-14-18)25-8-6-24(7-9-25)12-16-3-2-4-17(11-16)28-19(20,21)22/h2-4,11H,5-10,12-14H2,1H3,(H,23,26). The molecular weight excluding hydrogens is 375 g/mol. The molecule has 1 aromatic carbocycles. The van der Waals surface area contributed by atoms with Crippen molar-refractivity contribution in [2.45, 2.75) is 31.8 Å². The number of hydrogen-bond donors (Lipinski definition) is 1.